The molecule has 0 saturated heterocycles. The zero-order valence-electron chi connectivity index (χ0n) is 53.3. The summed E-state index contributed by atoms with van der Waals surface area (Å²) in [6.07, 6.45) is 73.2. The average Bonchev–Trinajstić information content (AvgIpc) is 3.42. The van der Waals surface area contributed by atoms with Crippen LogP contribution >= 0.6 is 0 Å². The third kappa shape index (κ3) is 63.2. The van der Waals surface area contributed by atoms with E-state index in [4.69, 9.17) is 18.9 Å². The fourth-order valence-electron chi connectivity index (χ4n) is 10.4. The Labute approximate surface area is 490 Å². The number of aliphatic carboxylic acids is 1. The SMILES string of the molecule is CCCCCC/C=C\C/C=C\CCCCCCCC(=O)OC(COC(=O)CCCCCCCCCCCCCCCCCCCCCCCCCCCCCCCCCCCCCCCC)COC(OCC[N+](C)(C)C)C(=O)O. The minimum Gasteiger partial charge on any atom is -0.477 e. The van der Waals surface area contributed by atoms with E-state index in [2.05, 4.69) is 38.2 Å². The van der Waals surface area contributed by atoms with Crippen LogP contribution in [0.1, 0.15) is 348 Å². The van der Waals surface area contributed by atoms with Gasteiger partial charge in [0.1, 0.15) is 13.2 Å². The highest BCUT2D eigenvalue weighted by Gasteiger charge is 2.25. The van der Waals surface area contributed by atoms with Gasteiger partial charge in [-0.2, -0.15) is 0 Å². The normalized spacial score (nSPS) is 12.8. The highest BCUT2D eigenvalue weighted by molar-refractivity contribution is 5.71. The summed E-state index contributed by atoms with van der Waals surface area (Å²) in [7, 11) is 5.98. The van der Waals surface area contributed by atoms with Crippen LogP contribution in [0.4, 0.5) is 0 Å². The second-order valence-electron chi connectivity index (χ2n) is 24.8. The van der Waals surface area contributed by atoms with Gasteiger partial charge in [-0.15, -0.1) is 0 Å². The number of allylic oxidation sites excluding steroid dienone is 4. The summed E-state index contributed by atoms with van der Waals surface area (Å²) in [6.45, 7) is 4.90. The lowest BCUT2D eigenvalue weighted by molar-refractivity contribution is -0.870. The number of nitrogens with zero attached hydrogens (tertiary/aromatic N) is 1. The van der Waals surface area contributed by atoms with Gasteiger partial charge in [0.25, 0.3) is 6.29 Å². The predicted octanol–water partition coefficient (Wildman–Crippen LogP) is 21.0. The fourth-order valence-corrected chi connectivity index (χ4v) is 10.4. The van der Waals surface area contributed by atoms with Crippen LogP contribution in [0.3, 0.4) is 0 Å². The molecule has 0 aromatic rings. The molecule has 0 spiro atoms. The molecule has 1 N–H and O–H groups in total. The Morgan fingerprint density at radius 1 is 0.380 bits per heavy atom. The molecule has 466 valence electrons. The summed E-state index contributed by atoms with van der Waals surface area (Å²) in [5.74, 6) is -2.00. The van der Waals surface area contributed by atoms with Crippen LogP contribution in [0.5, 0.6) is 0 Å². The summed E-state index contributed by atoms with van der Waals surface area (Å²) in [5.41, 5.74) is 0. The molecule has 0 rings (SSSR count). The highest BCUT2D eigenvalue weighted by atomic mass is 16.7. The van der Waals surface area contributed by atoms with Crippen molar-refractivity contribution in [2.24, 2.45) is 0 Å². The first kappa shape index (κ1) is 76.8. The van der Waals surface area contributed by atoms with Crippen molar-refractivity contribution < 1.29 is 42.9 Å². The molecule has 9 nitrogen and oxygen atoms in total. The number of carboxylic acid groups (broad SMARTS) is 1. The molecule has 0 aliphatic rings. The molecule has 2 atom stereocenters. The first-order chi connectivity index (χ1) is 38.6. The minimum absolute atomic E-state index is 0.183. The lowest BCUT2D eigenvalue weighted by Gasteiger charge is -2.25. The molecular weight excluding hydrogens is 983 g/mol. The number of quaternary nitrogens is 1. The van der Waals surface area contributed by atoms with E-state index in [1.165, 1.54) is 257 Å². The van der Waals surface area contributed by atoms with Gasteiger partial charge in [-0.05, 0) is 44.9 Å². The van der Waals surface area contributed by atoms with E-state index in [1.807, 2.05) is 21.1 Å². The summed E-state index contributed by atoms with van der Waals surface area (Å²) >= 11 is 0. The summed E-state index contributed by atoms with van der Waals surface area (Å²) < 4.78 is 22.9. The van der Waals surface area contributed by atoms with Crippen LogP contribution in [0.2, 0.25) is 0 Å². The molecule has 79 heavy (non-hydrogen) atoms. The lowest BCUT2D eigenvalue weighted by atomic mass is 10.0. The van der Waals surface area contributed by atoms with Crippen LogP contribution < -0.4 is 0 Å². The first-order valence-corrected chi connectivity index (χ1v) is 34.5. The monoisotopic (exact) mass is 1120 g/mol. The molecular formula is C70H134NO8+. The van der Waals surface area contributed by atoms with Crippen molar-refractivity contribution in [3.63, 3.8) is 0 Å². The van der Waals surface area contributed by atoms with Crippen molar-refractivity contribution in [1.29, 1.82) is 0 Å². The number of carbonyl (C=O) groups excluding carboxylic acids is 2. The summed E-state index contributed by atoms with van der Waals surface area (Å²) in [4.78, 5) is 37.5. The maximum Gasteiger partial charge on any atom is 0.361 e. The van der Waals surface area contributed by atoms with Crippen molar-refractivity contribution in [2.75, 3.05) is 47.5 Å². The Bertz CT molecular complexity index is 1340. The van der Waals surface area contributed by atoms with Crippen molar-refractivity contribution >= 4 is 17.9 Å². The average molecular weight is 1120 g/mol. The van der Waals surface area contributed by atoms with Crippen molar-refractivity contribution in [2.45, 2.75) is 360 Å². The van der Waals surface area contributed by atoms with E-state index in [0.717, 1.165) is 57.8 Å². The van der Waals surface area contributed by atoms with E-state index in [1.54, 1.807) is 0 Å². The van der Waals surface area contributed by atoms with Crippen molar-refractivity contribution in [1.82, 2.24) is 0 Å². The Kier molecular flexibility index (Phi) is 60.1. The van der Waals surface area contributed by atoms with E-state index in [9.17, 15) is 19.5 Å². The van der Waals surface area contributed by atoms with Gasteiger partial charge < -0.3 is 28.5 Å². The van der Waals surface area contributed by atoms with Crippen LogP contribution in [0.25, 0.3) is 0 Å². The van der Waals surface area contributed by atoms with E-state index in [0.29, 0.717) is 23.9 Å². The Balaban J connectivity index is 3.92. The van der Waals surface area contributed by atoms with Crippen LogP contribution in [-0.4, -0.2) is 87.4 Å². The number of rotatable bonds is 65. The number of unbranched alkanes of at least 4 members (excludes halogenated alkanes) is 46. The standard InChI is InChI=1S/C70H133NO8/c1-6-8-10-12-14-16-18-20-22-24-25-26-27-28-29-30-31-32-33-34-35-36-37-38-39-40-41-42-43-44-45-47-48-50-52-54-56-58-60-67(72)77-64-66(65-78-70(69(74)75)76-63-62-71(3,4)5)79-68(73)61-59-57-55-53-51-49-46-23-21-19-17-15-13-11-9-7-2/h17,19,23,46,66,70H,6-16,18,20-22,24-45,47-65H2,1-5H3/p+1/b19-17-,46-23-. The van der Waals surface area contributed by atoms with Crippen molar-refractivity contribution in [3.05, 3.63) is 24.3 Å². The topological polar surface area (TPSA) is 108 Å². The molecule has 0 aliphatic heterocycles. The van der Waals surface area contributed by atoms with Crippen LogP contribution in [0, 0.1) is 0 Å². The molecule has 0 aromatic heterocycles. The largest absolute Gasteiger partial charge is 0.477 e. The van der Waals surface area contributed by atoms with Gasteiger partial charge in [-0.3, -0.25) is 9.59 Å². The van der Waals surface area contributed by atoms with Gasteiger partial charge in [0.2, 0.25) is 0 Å². The number of esters is 2. The Morgan fingerprint density at radius 3 is 1.01 bits per heavy atom. The summed E-state index contributed by atoms with van der Waals surface area (Å²) in [6, 6.07) is 0. The third-order valence-corrected chi connectivity index (χ3v) is 15.7. The van der Waals surface area contributed by atoms with Crippen molar-refractivity contribution in [3.8, 4) is 0 Å². The molecule has 0 bridgehead atoms. The molecule has 0 amide bonds. The molecule has 0 saturated carbocycles. The predicted molar refractivity (Wildman–Crippen MR) is 337 cm³/mol. The molecule has 2 unspecified atom stereocenters. The first-order valence-electron chi connectivity index (χ1n) is 34.5. The van der Waals surface area contributed by atoms with Gasteiger partial charge in [-0.1, -0.05) is 314 Å². The van der Waals surface area contributed by atoms with Crippen LogP contribution in [0.15, 0.2) is 24.3 Å². The van der Waals surface area contributed by atoms with E-state index in [-0.39, 0.29) is 32.2 Å². The Hall–Kier alpha value is -2.23. The second-order valence-corrected chi connectivity index (χ2v) is 24.8. The summed E-state index contributed by atoms with van der Waals surface area (Å²) in [5, 5.41) is 9.71. The molecule has 0 heterocycles. The quantitative estimate of drug-likeness (QED) is 0.0211. The molecule has 0 aromatic carbocycles. The van der Waals surface area contributed by atoms with Gasteiger partial charge in [-0.25, -0.2) is 4.79 Å². The van der Waals surface area contributed by atoms with Crippen LogP contribution in [-0.2, 0) is 33.3 Å². The van der Waals surface area contributed by atoms with E-state index < -0.39 is 24.3 Å². The minimum atomic E-state index is -1.51. The number of hydrogen-bond donors (Lipinski definition) is 1. The van der Waals surface area contributed by atoms with Gasteiger partial charge in [0.05, 0.1) is 34.4 Å². The second kappa shape index (κ2) is 61.8. The fraction of sp³-hybridized carbons (Fsp3) is 0.900. The number of carboxylic acids is 1. The zero-order valence-corrected chi connectivity index (χ0v) is 53.3. The smallest absolute Gasteiger partial charge is 0.361 e. The highest BCUT2D eigenvalue weighted by Crippen LogP contribution is 2.19. The molecule has 0 aliphatic carbocycles. The number of ether oxygens (including phenoxy) is 4. The maximum absolute atomic E-state index is 12.9. The number of hydrogen-bond acceptors (Lipinski definition) is 7. The van der Waals surface area contributed by atoms with Gasteiger partial charge in [0, 0.05) is 12.8 Å². The molecule has 0 fully saturated rings. The van der Waals surface area contributed by atoms with E-state index >= 15 is 0 Å². The van der Waals surface area contributed by atoms with Gasteiger partial charge >= 0.3 is 17.9 Å². The number of carbonyl (C=O) groups is 3. The third-order valence-electron chi connectivity index (χ3n) is 15.7. The molecule has 0 radical (unpaired) electrons. The lowest BCUT2D eigenvalue weighted by Crippen LogP contribution is -2.40. The molecule has 9 heteroatoms. The zero-order chi connectivity index (χ0) is 57.6. The van der Waals surface area contributed by atoms with Gasteiger partial charge in [0.15, 0.2) is 6.10 Å². The number of likely N-dealkylation sites (N-methyl/N-ethyl adjacent to an activating group) is 1. The Morgan fingerprint density at radius 2 is 0.684 bits per heavy atom. The maximum atomic E-state index is 12.9.